The quantitative estimate of drug-likeness (QED) is 0.245. The molecule has 0 aliphatic rings. The smallest absolute Gasteiger partial charge is 0.224 e. The fourth-order valence-corrected chi connectivity index (χ4v) is 5.69. The van der Waals surface area contributed by atoms with Crippen molar-refractivity contribution in [3.63, 3.8) is 0 Å². The summed E-state index contributed by atoms with van der Waals surface area (Å²) in [7, 11) is -2.14. The zero-order valence-electron chi connectivity index (χ0n) is 25.9. The van der Waals surface area contributed by atoms with E-state index in [1.54, 1.807) is 18.3 Å². The van der Waals surface area contributed by atoms with E-state index in [4.69, 9.17) is 15.9 Å². The summed E-state index contributed by atoms with van der Waals surface area (Å²) in [5.74, 6) is -0.380. The third-order valence-corrected chi connectivity index (χ3v) is 12.7. The lowest BCUT2D eigenvalue weighted by atomic mass is 9.85. The van der Waals surface area contributed by atoms with Gasteiger partial charge in [0.25, 0.3) is 0 Å². The first-order valence-corrected chi connectivity index (χ1v) is 17.3. The molecule has 1 rings (SSSR count). The average molecular weight is 549 g/mol. The van der Waals surface area contributed by atoms with Crippen molar-refractivity contribution in [1.82, 2.24) is 10.3 Å². The standard InChI is InChI=1S/C30H56N4O3Si/c1-12-21(6)26(32)28(35)27(24-15-13-14-16-33-24)34-29(36)22(20(4)5)18-25(23(31)17-19(2)3)37-38(10,11)30(7,8)9/h13-16,19-23,25-27H,12,17-18,31-32H2,1-11H3,(H,34,36)/t21-,22-,23-,25-,26-,27?/m0/s1. The highest BCUT2D eigenvalue weighted by Gasteiger charge is 2.42. The fourth-order valence-electron chi connectivity index (χ4n) is 4.31. The van der Waals surface area contributed by atoms with Crippen LogP contribution in [0.2, 0.25) is 18.1 Å². The molecule has 5 N–H and O–H groups in total. The normalized spacial score (nSPS) is 17.6. The Bertz CT molecular complexity index is 870. The topological polar surface area (TPSA) is 120 Å². The molecule has 0 saturated heterocycles. The maximum Gasteiger partial charge on any atom is 0.224 e. The van der Waals surface area contributed by atoms with Crippen molar-refractivity contribution in [3.8, 4) is 0 Å². The molecule has 1 heterocycles. The minimum absolute atomic E-state index is 0.0112. The summed E-state index contributed by atoms with van der Waals surface area (Å²) in [6.07, 6.45) is 3.44. The van der Waals surface area contributed by atoms with Crippen molar-refractivity contribution in [3.05, 3.63) is 30.1 Å². The van der Waals surface area contributed by atoms with E-state index < -0.39 is 20.4 Å². The van der Waals surface area contributed by atoms with Crippen molar-refractivity contribution >= 4 is 20.0 Å². The van der Waals surface area contributed by atoms with Crippen LogP contribution in [-0.4, -0.2) is 43.2 Å². The number of amides is 1. The van der Waals surface area contributed by atoms with Gasteiger partial charge in [0, 0.05) is 18.2 Å². The van der Waals surface area contributed by atoms with Crippen LogP contribution < -0.4 is 16.8 Å². The number of hydrogen-bond acceptors (Lipinski definition) is 6. The zero-order valence-corrected chi connectivity index (χ0v) is 26.9. The molecule has 0 radical (unpaired) electrons. The third kappa shape index (κ3) is 9.85. The molecule has 38 heavy (non-hydrogen) atoms. The molecule has 1 aromatic heterocycles. The number of carbonyl (C=O) groups is 2. The van der Waals surface area contributed by atoms with Gasteiger partial charge in [-0.2, -0.15) is 0 Å². The number of nitrogens with zero attached hydrogens (tertiary/aromatic N) is 1. The molecule has 0 aromatic carbocycles. The van der Waals surface area contributed by atoms with Crippen LogP contribution in [0.1, 0.15) is 93.3 Å². The van der Waals surface area contributed by atoms with Gasteiger partial charge in [0.1, 0.15) is 6.04 Å². The predicted molar refractivity (Wildman–Crippen MR) is 160 cm³/mol. The minimum Gasteiger partial charge on any atom is -0.412 e. The Morgan fingerprint density at radius 1 is 1.05 bits per heavy atom. The van der Waals surface area contributed by atoms with Gasteiger partial charge in [0.2, 0.25) is 5.91 Å². The summed E-state index contributed by atoms with van der Waals surface area (Å²) in [5.41, 5.74) is 13.6. The molecule has 0 aliphatic heterocycles. The van der Waals surface area contributed by atoms with Crippen LogP contribution in [0.15, 0.2) is 24.4 Å². The van der Waals surface area contributed by atoms with Gasteiger partial charge < -0.3 is 21.2 Å². The molecule has 218 valence electrons. The van der Waals surface area contributed by atoms with Crippen LogP contribution in [0.3, 0.4) is 0 Å². The van der Waals surface area contributed by atoms with E-state index in [0.717, 1.165) is 12.8 Å². The van der Waals surface area contributed by atoms with Gasteiger partial charge in [0.15, 0.2) is 14.1 Å². The molecule has 1 amide bonds. The van der Waals surface area contributed by atoms with Gasteiger partial charge in [-0.1, -0.05) is 74.8 Å². The first-order valence-electron chi connectivity index (χ1n) is 14.4. The van der Waals surface area contributed by atoms with Crippen molar-refractivity contribution in [2.45, 2.75) is 124 Å². The maximum atomic E-state index is 13.9. The number of hydrogen-bond donors (Lipinski definition) is 3. The first kappa shape index (κ1) is 34.4. The number of carbonyl (C=O) groups excluding carboxylic acids is 2. The van der Waals surface area contributed by atoms with Crippen molar-refractivity contribution in [1.29, 1.82) is 0 Å². The number of nitrogens with two attached hydrogens (primary N) is 2. The molecule has 1 unspecified atom stereocenters. The molecule has 7 nitrogen and oxygen atoms in total. The van der Waals surface area contributed by atoms with Crippen LogP contribution in [0.4, 0.5) is 0 Å². The molecular weight excluding hydrogens is 492 g/mol. The highest BCUT2D eigenvalue weighted by Crippen LogP contribution is 2.39. The molecule has 0 bridgehead atoms. The van der Waals surface area contributed by atoms with E-state index in [2.05, 4.69) is 58.0 Å². The van der Waals surface area contributed by atoms with Gasteiger partial charge in [-0.3, -0.25) is 14.6 Å². The highest BCUT2D eigenvalue weighted by molar-refractivity contribution is 6.74. The lowest BCUT2D eigenvalue weighted by Gasteiger charge is -2.42. The monoisotopic (exact) mass is 548 g/mol. The number of rotatable bonds is 15. The van der Waals surface area contributed by atoms with E-state index in [9.17, 15) is 9.59 Å². The summed E-state index contributed by atoms with van der Waals surface area (Å²) in [6, 6.07) is 3.58. The molecule has 6 atom stereocenters. The van der Waals surface area contributed by atoms with Crippen LogP contribution in [0.5, 0.6) is 0 Å². The van der Waals surface area contributed by atoms with Crippen LogP contribution in [0, 0.1) is 23.7 Å². The Morgan fingerprint density at radius 3 is 2.11 bits per heavy atom. The second-order valence-electron chi connectivity index (χ2n) is 13.3. The van der Waals surface area contributed by atoms with Crippen molar-refractivity contribution in [2.75, 3.05) is 0 Å². The number of ketones is 1. The Labute approximate surface area is 233 Å². The fraction of sp³-hybridized carbons (Fsp3) is 0.767. The molecule has 0 fully saturated rings. The number of aromatic nitrogens is 1. The summed E-state index contributed by atoms with van der Waals surface area (Å²) in [5, 5.41) is 3.05. The highest BCUT2D eigenvalue weighted by atomic mass is 28.4. The average Bonchev–Trinajstić information content (AvgIpc) is 2.82. The summed E-state index contributed by atoms with van der Waals surface area (Å²) < 4.78 is 6.85. The Balaban J connectivity index is 3.33. The maximum absolute atomic E-state index is 13.9. The van der Waals surface area contributed by atoms with Gasteiger partial charge in [-0.05, 0) is 60.9 Å². The number of nitrogens with one attached hydrogen (secondary N) is 1. The van der Waals surface area contributed by atoms with Gasteiger partial charge in [-0.15, -0.1) is 0 Å². The van der Waals surface area contributed by atoms with Crippen molar-refractivity contribution < 1.29 is 14.0 Å². The molecule has 8 heteroatoms. The Morgan fingerprint density at radius 2 is 1.66 bits per heavy atom. The second kappa shape index (κ2) is 14.7. The zero-order chi connectivity index (χ0) is 29.4. The van der Waals surface area contributed by atoms with E-state index in [1.807, 2.05) is 33.8 Å². The Hall–Kier alpha value is -1.61. The largest absolute Gasteiger partial charge is 0.412 e. The van der Waals surface area contributed by atoms with E-state index in [0.29, 0.717) is 18.0 Å². The molecular formula is C30H56N4O3Si. The lowest BCUT2D eigenvalue weighted by molar-refractivity contribution is -0.133. The van der Waals surface area contributed by atoms with Gasteiger partial charge >= 0.3 is 0 Å². The lowest BCUT2D eigenvalue weighted by Crippen LogP contribution is -2.52. The van der Waals surface area contributed by atoms with Gasteiger partial charge in [0.05, 0.1) is 17.8 Å². The molecule has 0 spiro atoms. The number of pyridine rings is 1. The summed E-state index contributed by atoms with van der Waals surface area (Å²) in [4.78, 5) is 31.8. The van der Waals surface area contributed by atoms with Crippen LogP contribution in [-0.2, 0) is 14.0 Å². The van der Waals surface area contributed by atoms with E-state index in [1.165, 1.54) is 0 Å². The summed E-state index contributed by atoms with van der Waals surface area (Å²) in [6.45, 7) is 23.4. The number of Topliss-reactive ketones (excluding diaryl/α,β-unsaturated/α-hetero) is 1. The summed E-state index contributed by atoms with van der Waals surface area (Å²) >= 11 is 0. The van der Waals surface area contributed by atoms with Crippen LogP contribution in [0.25, 0.3) is 0 Å². The second-order valence-corrected chi connectivity index (χ2v) is 18.1. The van der Waals surface area contributed by atoms with E-state index >= 15 is 0 Å². The SMILES string of the molecule is CC[C@H](C)[C@H](N)C(=O)C(NC(=O)[C@@H](C[C@H](O[Si](C)(C)C(C)(C)C)[C@@H](N)CC(C)C)C(C)C)c1ccccn1. The predicted octanol–water partition coefficient (Wildman–Crippen LogP) is 5.61. The van der Waals surface area contributed by atoms with Crippen molar-refractivity contribution in [2.24, 2.45) is 35.1 Å². The Kier molecular flexibility index (Phi) is 13.3. The molecule has 0 aliphatic carbocycles. The molecule has 0 saturated carbocycles. The van der Waals surface area contributed by atoms with Crippen LogP contribution >= 0.6 is 0 Å². The third-order valence-electron chi connectivity index (χ3n) is 8.24. The van der Waals surface area contributed by atoms with Gasteiger partial charge in [-0.25, -0.2) is 0 Å². The van der Waals surface area contributed by atoms with E-state index in [-0.39, 0.29) is 46.6 Å². The molecule has 1 aromatic rings. The minimum atomic E-state index is -2.14. The first-order chi connectivity index (χ1) is 17.4.